The fraction of sp³-hybridized carbons (Fsp3) is 0.917. The van der Waals surface area contributed by atoms with Crippen molar-refractivity contribution in [2.24, 2.45) is 17.3 Å². The Morgan fingerprint density at radius 1 is 1.07 bits per heavy atom. The van der Waals surface area contributed by atoms with Crippen molar-refractivity contribution >= 4 is 5.91 Å². The monoisotopic (exact) mass is 199 g/mol. The van der Waals surface area contributed by atoms with Gasteiger partial charge in [-0.25, -0.2) is 0 Å². The quantitative estimate of drug-likeness (QED) is 0.744. The Hall–Kier alpha value is -0.530. The van der Waals surface area contributed by atoms with E-state index in [0.717, 1.165) is 0 Å². The lowest BCUT2D eigenvalue weighted by atomic mass is 9.73. The highest BCUT2D eigenvalue weighted by molar-refractivity contribution is 5.79. The highest BCUT2D eigenvalue weighted by atomic mass is 16.2. The maximum atomic E-state index is 11.9. The summed E-state index contributed by atoms with van der Waals surface area (Å²) in [6.07, 6.45) is 0. The first-order chi connectivity index (χ1) is 6.16. The fourth-order valence-corrected chi connectivity index (χ4v) is 2.07. The zero-order valence-corrected chi connectivity index (χ0v) is 10.6. The van der Waals surface area contributed by atoms with Crippen LogP contribution in [0.5, 0.6) is 0 Å². The SMILES string of the molecule is CC(C)NC(=O)[C@H](C(C)C)C(C)(C)C. The highest BCUT2D eigenvalue weighted by Gasteiger charge is 2.33. The Bertz CT molecular complexity index is 189. The molecule has 2 nitrogen and oxygen atoms in total. The molecule has 0 radical (unpaired) electrons. The minimum absolute atomic E-state index is 0.0349. The molecule has 0 saturated carbocycles. The molecule has 1 atom stereocenters. The summed E-state index contributed by atoms with van der Waals surface area (Å²) in [5, 5.41) is 2.99. The van der Waals surface area contributed by atoms with E-state index in [0.29, 0.717) is 5.92 Å². The summed E-state index contributed by atoms with van der Waals surface area (Å²) in [5.41, 5.74) is 0.0349. The molecule has 0 aliphatic heterocycles. The van der Waals surface area contributed by atoms with Crippen molar-refractivity contribution in [3.8, 4) is 0 Å². The predicted octanol–water partition coefficient (Wildman–Crippen LogP) is 2.83. The van der Waals surface area contributed by atoms with Crippen LogP contribution in [0.15, 0.2) is 0 Å². The third-order valence-corrected chi connectivity index (χ3v) is 2.31. The first kappa shape index (κ1) is 13.5. The van der Waals surface area contributed by atoms with E-state index < -0.39 is 0 Å². The van der Waals surface area contributed by atoms with E-state index in [1.165, 1.54) is 0 Å². The van der Waals surface area contributed by atoms with Crippen LogP contribution in [0.4, 0.5) is 0 Å². The number of carbonyl (C=O) groups is 1. The second kappa shape index (κ2) is 4.81. The maximum Gasteiger partial charge on any atom is 0.224 e. The van der Waals surface area contributed by atoms with E-state index in [1.54, 1.807) is 0 Å². The molecule has 0 saturated heterocycles. The normalized spacial score (nSPS) is 14.6. The molecular weight excluding hydrogens is 174 g/mol. The molecule has 0 unspecified atom stereocenters. The molecule has 0 aromatic carbocycles. The maximum absolute atomic E-state index is 11.9. The van der Waals surface area contributed by atoms with E-state index in [2.05, 4.69) is 39.9 Å². The van der Waals surface area contributed by atoms with Crippen LogP contribution in [0, 0.1) is 17.3 Å². The molecule has 0 aromatic heterocycles. The van der Waals surface area contributed by atoms with Crippen molar-refractivity contribution in [1.29, 1.82) is 0 Å². The lowest BCUT2D eigenvalue weighted by Gasteiger charge is -2.33. The number of rotatable bonds is 3. The van der Waals surface area contributed by atoms with Gasteiger partial charge in [-0.05, 0) is 25.2 Å². The number of hydrogen-bond donors (Lipinski definition) is 1. The van der Waals surface area contributed by atoms with Gasteiger partial charge in [-0.1, -0.05) is 34.6 Å². The van der Waals surface area contributed by atoms with Gasteiger partial charge in [0.1, 0.15) is 0 Å². The summed E-state index contributed by atoms with van der Waals surface area (Å²) in [4.78, 5) is 11.9. The van der Waals surface area contributed by atoms with Gasteiger partial charge in [0.05, 0.1) is 0 Å². The second-order valence-corrected chi connectivity index (χ2v) is 5.75. The molecule has 1 N–H and O–H groups in total. The number of nitrogens with one attached hydrogen (secondary N) is 1. The molecule has 84 valence electrons. The highest BCUT2D eigenvalue weighted by Crippen LogP contribution is 2.32. The Balaban J connectivity index is 4.60. The van der Waals surface area contributed by atoms with Crippen molar-refractivity contribution in [1.82, 2.24) is 5.32 Å². The van der Waals surface area contributed by atoms with Gasteiger partial charge in [0.25, 0.3) is 0 Å². The number of amides is 1. The zero-order chi connectivity index (χ0) is 11.5. The van der Waals surface area contributed by atoms with Gasteiger partial charge >= 0.3 is 0 Å². The third kappa shape index (κ3) is 4.12. The van der Waals surface area contributed by atoms with Crippen LogP contribution in [0.2, 0.25) is 0 Å². The standard InChI is InChI=1S/C12H25NO/c1-8(2)10(12(5,6)7)11(14)13-9(3)4/h8-10H,1-7H3,(H,13,14)/t10-/m0/s1. The summed E-state index contributed by atoms with van der Waals surface area (Å²) in [6, 6.07) is 0.228. The average Bonchev–Trinajstić information content (AvgIpc) is 1.78. The summed E-state index contributed by atoms with van der Waals surface area (Å²) < 4.78 is 0. The first-order valence-corrected chi connectivity index (χ1v) is 5.46. The smallest absolute Gasteiger partial charge is 0.224 e. The zero-order valence-electron chi connectivity index (χ0n) is 10.6. The fourth-order valence-electron chi connectivity index (χ4n) is 2.07. The third-order valence-electron chi connectivity index (χ3n) is 2.31. The number of hydrogen-bond acceptors (Lipinski definition) is 1. The summed E-state index contributed by atoms with van der Waals surface area (Å²) >= 11 is 0. The molecule has 0 aliphatic rings. The van der Waals surface area contributed by atoms with Crippen molar-refractivity contribution in [2.75, 3.05) is 0 Å². The summed E-state index contributed by atoms with van der Waals surface area (Å²) in [7, 11) is 0. The first-order valence-electron chi connectivity index (χ1n) is 5.46. The van der Waals surface area contributed by atoms with E-state index in [9.17, 15) is 4.79 Å². The summed E-state index contributed by atoms with van der Waals surface area (Å²) in [5.74, 6) is 0.654. The molecule has 1 amide bonds. The van der Waals surface area contributed by atoms with E-state index in [-0.39, 0.29) is 23.3 Å². The van der Waals surface area contributed by atoms with Crippen molar-refractivity contribution in [2.45, 2.75) is 54.5 Å². The van der Waals surface area contributed by atoms with Crippen LogP contribution < -0.4 is 5.32 Å². The van der Waals surface area contributed by atoms with E-state index >= 15 is 0 Å². The van der Waals surface area contributed by atoms with Gasteiger partial charge in [-0.2, -0.15) is 0 Å². The van der Waals surface area contributed by atoms with Crippen LogP contribution in [-0.2, 0) is 4.79 Å². The summed E-state index contributed by atoms with van der Waals surface area (Å²) in [6.45, 7) is 14.6. The molecule has 0 rings (SSSR count). The predicted molar refractivity (Wildman–Crippen MR) is 61.1 cm³/mol. The molecule has 0 bridgehead atoms. The van der Waals surface area contributed by atoms with E-state index in [1.807, 2.05) is 13.8 Å². The van der Waals surface area contributed by atoms with Crippen LogP contribution in [0.25, 0.3) is 0 Å². The molecule has 2 heteroatoms. The van der Waals surface area contributed by atoms with Gasteiger partial charge in [0.15, 0.2) is 0 Å². The van der Waals surface area contributed by atoms with Crippen LogP contribution in [0.3, 0.4) is 0 Å². The second-order valence-electron chi connectivity index (χ2n) is 5.75. The number of carbonyl (C=O) groups excluding carboxylic acids is 1. The molecule has 0 spiro atoms. The molecule has 0 aliphatic carbocycles. The minimum Gasteiger partial charge on any atom is -0.354 e. The van der Waals surface area contributed by atoms with Crippen molar-refractivity contribution in [3.05, 3.63) is 0 Å². The van der Waals surface area contributed by atoms with Gasteiger partial charge in [-0.3, -0.25) is 4.79 Å². The van der Waals surface area contributed by atoms with Gasteiger partial charge in [0.2, 0.25) is 5.91 Å². The van der Waals surface area contributed by atoms with Crippen LogP contribution in [0.1, 0.15) is 48.5 Å². The van der Waals surface area contributed by atoms with E-state index in [4.69, 9.17) is 0 Å². The lowest BCUT2D eigenvalue weighted by molar-refractivity contribution is -0.130. The van der Waals surface area contributed by atoms with Crippen LogP contribution in [-0.4, -0.2) is 11.9 Å². The largest absolute Gasteiger partial charge is 0.354 e. The Morgan fingerprint density at radius 2 is 1.50 bits per heavy atom. The average molecular weight is 199 g/mol. The molecule has 14 heavy (non-hydrogen) atoms. The Kier molecular flexibility index (Phi) is 4.63. The topological polar surface area (TPSA) is 29.1 Å². The Labute approximate surface area is 88.5 Å². The molecular formula is C12H25NO. The molecule has 0 heterocycles. The van der Waals surface area contributed by atoms with Crippen molar-refractivity contribution < 1.29 is 4.79 Å². The Morgan fingerprint density at radius 3 is 1.71 bits per heavy atom. The molecule has 0 fully saturated rings. The molecule has 0 aromatic rings. The van der Waals surface area contributed by atoms with Gasteiger partial charge < -0.3 is 5.32 Å². The lowest BCUT2D eigenvalue weighted by Crippen LogP contribution is -2.43. The van der Waals surface area contributed by atoms with Crippen LogP contribution >= 0.6 is 0 Å². The van der Waals surface area contributed by atoms with Gasteiger partial charge in [-0.15, -0.1) is 0 Å². The van der Waals surface area contributed by atoms with Gasteiger partial charge in [0, 0.05) is 12.0 Å². The van der Waals surface area contributed by atoms with Crippen molar-refractivity contribution in [3.63, 3.8) is 0 Å². The minimum atomic E-state index is 0.0349.